The minimum absolute atomic E-state index is 0.0677. The van der Waals surface area contributed by atoms with Gasteiger partial charge in [-0.25, -0.2) is 0 Å². The Morgan fingerprint density at radius 2 is 1.69 bits per heavy atom. The first kappa shape index (κ1) is 12.7. The van der Waals surface area contributed by atoms with Crippen molar-refractivity contribution in [2.75, 3.05) is 19.7 Å². The summed E-state index contributed by atoms with van der Waals surface area (Å²) in [4.78, 5) is 0. The highest BCUT2D eigenvalue weighted by atomic mass is 19.5. The van der Waals surface area contributed by atoms with E-state index in [4.69, 9.17) is 4.74 Å². The average Bonchev–Trinajstić information content (AvgIpc) is 1.82. The maximum absolute atomic E-state index is 9.75. The molecule has 0 atom stereocenters. The molecule has 1 aliphatic heterocycles. The number of hydrogen-bond acceptors (Lipinski definition) is 2. The number of rotatable bonds is 0. The standard InChI is InChI=1S/C6H13NO.BF4/c1-6(2)5-7-3-4-8-6;2-1(3,4)5/h7H,3-5H2,1-2H3;/q;-1. The third-order valence-corrected chi connectivity index (χ3v) is 1.32. The summed E-state index contributed by atoms with van der Waals surface area (Å²) >= 11 is 0. The van der Waals surface area contributed by atoms with Crippen molar-refractivity contribution in [3.8, 4) is 0 Å². The lowest BCUT2D eigenvalue weighted by molar-refractivity contribution is -0.0384. The molecular weight excluding hydrogens is 189 g/mol. The fraction of sp³-hybridized carbons (Fsp3) is 1.00. The molecule has 0 aromatic heterocycles. The number of nitrogens with one attached hydrogen (secondary N) is 1. The summed E-state index contributed by atoms with van der Waals surface area (Å²) in [5, 5.41) is 3.25. The van der Waals surface area contributed by atoms with Crippen LogP contribution in [0.4, 0.5) is 17.3 Å². The highest BCUT2D eigenvalue weighted by Crippen LogP contribution is 2.09. The molecule has 0 amide bonds. The predicted molar refractivity (Wildman–Crippen MR) is 43.1 cm³/mol. The molecule has 1 rings (SSSR count). The van der Waals surface area contributed by atoms with Crippen LogP contribution in [0, 0.1) is 0 Å². The van der Waals surface area contributed by atoms with E-state index in [1.807, 2.05) is 0 Å². The molecule has 1 heterocycles. The number of halogens is 4. The van der Waals surface area contributed by atoms with Gasteiger partial charge in [-0.1, -0.05) is 0 Å². The topological polar surface area (TPSA) is 21.3 Å². The first-order chi connectivity index (χ1) is 5.71. The van der Waals surface area contributed by atoms with Crippen LogP contribution in [0.1, 0.15) is 13.8 Å². The Morgan fingerprint density at radius 1 is 1.23 bits per heavy atom. The van der Waals surface area contributed by atoms with Crippen LogP contribution in [-0.2, 0) is 4.74 Å². The van der Waals surface area contributed by atoms with Crippen LogP contribution < -0.4 is 5.32 Å². The Balaban J connectivity index is 0.000000252. The summed E-state index contributed by atoms with van der Waals surface area (Å²) in [6.45, 7) is 7.03. The minimum Gasteiger partial charge on any atom is -0.418 e. The van der Waals surface area contributed by atoms with E-state index in [1.54, 1.807) is 0 Å². The Labute approximate surface area is 74.7 Å². The second-order valence-electron chi connectivity index (χ2n) is 3.28. The zero-order valence-electron chi connectivity index (χ0n) is 7.62. The Morgan fingerprint density at radius 3 is 1.85 bits per heavy atom. The van der Waals surface area contributed by atoms with E-state index in [-0.39, 0.29) is 5.60 Å². The molecule has 1 fully saturated rings. The molecule has 0 saturated carbocycles. The molecule has 13 heavy (non-hydrogen) atoms. The van der Waals surface area contributed by atoms with Crippen LogP contribution in [0.25, 0.3) is 0 Å². The maximum Gasteiger partial charge on any atom is 0.673 e. The largest absolute Gasteiger partial charge is 0.673 e. The molecule has 1 aliphatic rings. The van der Waals surface area contributed by atoms with Crippen LogP contribution in [-0.4, -0.2) is 32.6 Å². The van der Waals surface area contributed by atoms with Crippen LogP contribution in [0.2, 0.25) is 0 Å². The SMILES string of the molecule is CC1(C)CNCCO1.F[B-](F)(F)F. The molecular formula is C6H13BF4NO-. The van der Waals surface area contributed by atoms with Gasteiger partial charge in [-0.15, -0.1) is 0 Å². The zero-order chi connectivity index (χ0) is 10.5. The fourth-order valence-corrected chi connectivity index (χ4v) is 0.840. The van der Waals surface area contributed by atoms with E-state index >= 15 is 0 Å². The van der Waals surface area contributed by atoms with Gasteiger partial charge in [0.25, 0.3) is 0 Å². The van der Waals surface area contributed by atoms with Crippen molar-refractivity contribution in [3.63, 3.8) is 0 Å². The molecule has 1 saturated heterocycles. The van der Waals surface area contributed by atoms with Gasteiger partial charge in [0.05, 0.1) is 12.2 Å². The third kappa shape index (κ3) is 11.7. The first-order valence-electron chi connectivity index (χ1n) is 3.93. The van der Waals surface area contributed by atoms with Gasteiger partial charge < -0.3 is 27.3 Å². The molecule has 0 unspecified atom stereocenters. The molecule has 0 radical (unpaired) electrons. The summed E-state index contributed by atoms with van der Waals surface area (Å²) < 4.78 is 44.4. The number of hydrogen-bond donors (Lipinski definition) is 1. The van der Waals surface area contributed by atoms with Crippen molar-refractivity contribution in [2.24, 2.45) is 0 Å². The molecule has 0 spiro atoms. The van der Waals surface area contributed by atoms with Gasteiger partial charge in [-0.2, -0.15) is 0 Å². The monoisotopic (exact) mass is 202 g/mol. The first-order valence-corrected chi connectivity index (χ1v) is 3.93. The lowest BCUT2D eigenvalue weighted by Crippen LogP contribution is -2.45. The quantitative estimate of drug-likeness (QED) is 0.476. The summed E-state index contributed by atoms with van der Waals surface area (Å²) in [6, 6.07) is 0. The van der Waals surface area contributed by atoms with Crippen LogP contribution in [0.5, 0.6) is 0 Å². The second kappa shape index (κ2) is 4.81. The molecule has 0 aromatic carbocycles. The van der Waals surface area contributed by atoms with Crippen LogP contribution in [0.3, 0.4) is 0 Å². The molecule has 7 heteroatoms. The van der Waals surface area contributed by atoms with E-state index in [2.05, 4.69) is 19.2 Å². The van der Waals surface area contributed by atoms with Crippen molar-refractivity contribution in [2.45, 2.75) is 19.4 Å². The van der Waals surface area contributed by atoms with E-state index in [0.29, 0.717) is 0 Å². The minimum atomic E-state index is -6.00. The van der Waals surface area contributed by atoms with Crippen molar-refractivity contribution in [1.82, 2.24) is 5.32 Å². The second-order valence-corrected chi connectivity index (χ2v) is 3.28. The predicted octanol–water partition coefficient (Wildman–Crippen LogP) is 1.68. The molecule has 1 N–H and O–H groups in total. The van der Waals surface area contributed by atoms with E-state index in [0.717, 1.165) is 19.7 Å². The van der Waals surface area contributed by atoms with Crippen molar-refractivity contribution < 1.29 is 22.0 Å². The van der Waals surface area contributed by atoms with Gasteiger partial charge in [0, 0.05) is 13.1 Å². The lowest BCUT2D eigenvalue weighted by Gasteiger charge is -2.30. The van der Waals surface area contributed by atoms with Gasteiger partial charge in [0.15, 0.2) is 0 Å². The average molecular weight is 202 g/mol. The lowest BCUT2D eigenvalue weighted by atomic mass is 10.1. The maximum atomic E-state index is 9.75. The third-order valence-electron chi connectivity index (χ3n) is 1.32. The molecule has 2 nitrogen and oxygen atoms in total. The summed E-state index contributed by atoms with van der Waals surface area (Å²) in [7, 11) is -6.00. The number of ether oxygens (including phenoxy) is 1. The van der Waals surface area contributed by atoms with Gasteiger partial charge in [-0.05, 0) is 13.8 Å². The normalized spacial score (nSPS) is 21.7. The molecule has 80 valence electrons. The van der Waals surface area contributed by atoms with E-state index in [1.165, 1.54) is 0 Å². The highest BCUT2D eigenvalue weighted by Gasteiger charge is 2.21. The smallest absolute Gasteiger partial charge is 0.418 e. The number of morpholine rings is 1. The Hall–Kier alpha value is -0.295. The summed E-state index contributed by atoms with van der Waals surface area (Å²) in [6.07, 6.45) is 0. The molecule has 0 bridgehead atoms. The van der Waals surface area contributed by atoms with Crippen LogP contribution >= 0.6 is 0 Å². The fourth-order valence-electron chi connectivity index (χ4n) is 0.840. The molecule has 0 aromatic rings. The van der Waals surface area contributed by atoms with Gasteiger partial charge in [0.2, 0.25) is 0 Å². The van der Waals surface area contributed by atoms with Crippen molar-refractivity contribution >= 4 is 7.25 Å². The van der Waals surface area contributed by atoms with Gasteiger partial charge in [0.1, 0.15) is 0 Å². The van der Waals surface area contributed by atoms with E-state index in [9.17, 15) is 17.3 Å². The van der Waals surface area contributed by atoms with Gasteiger partial charge in [-0.3, -0.25) is 0 Å². The Bertz CT molecular complexity index is 136. The van der Waals surface area contributed by atoms with Crippen molar-refractivity contribution in [3.05, 3.63) is 0 Å². The summed E-state index contributed by atoms with van der Waals surface area (Å²) in [5.41, 5.74) is 0.0677. The molecule has 0 aliphatic carbocycles. The van der Waals surface area contributed by atoms with E-state index < -0.39 is 7.25 Å². The van der Waals surface area contributed by atoms with Crippen LogP contribution in [0.15, 0.2) is 0 Å². The van der Waals surface area contributed by atoms with Gasteiger partial charge >= 0.3 is 7.25 Å². The Kier molecular flexibility index (Phi) is 4.70. The van der Waals surface area contributed by atoms with Crippen molar-refractivity contribution in [1.29, 1.82) is 0 Å². The summed E-state index contributed by atoms with van der Waals surface area (Å²) in [5.74, 6) is 0. The zero-order valence-corrected chi connectivity index (χ0v) is 7.62. The highest BCUT2D eigenvalue weighted by molar-refractivity contribution is 6.50.